The largest absolute Gasteiger partial charge is 0.482 e. The van der Waals surface area contributed by atoms with Crippen LogP contribution < -0.4 is 4.74 Å². The number of aryl methyl sites for hydroxylation is 1. The summed E-state index contributed by atoms with van der Waals surface area (Å²) in [6, 6.07) is 5.48. The van der Waals surface area contributed by atoms with Crippen molar-refractivity contribution in [2.24, 2.45) is 0 Å². The fourth-order valence-corrected chi connectivity index (χ4v) is 3.24. The first-order valence-corrected chi connectivity index (χ1v) is 8.88. The molecule has 0 aliphatic rings. The lowest BCUT2D eigenvalue weighted by atomic mass is 10.2. The molecule has 0 aliphatic heterocycles. The molecule has 0 amide bonds. The summed E-state index contributed by atoms with van der Waals surface area (Å²) in [5, 5.41) is 9.72. The number of esters is 1. The quantitative estimate of drug-likeness (QED) is 0.548. The Morgan fingerprint density at radius 2 is 2.17 bits per heavy atom. The number of halogens is 1. The average Bonchev–Trinajstić information content (AvgIpc) is 2.98. The maximum absolute atomic E-state index is 11.3. The zero-order chi connectivity index (χ0) is 17.7. The van der Waals surface area contributed by atoms with E-state index in [4.69, 9.17) is 16.3 Å². The van der Waals surface area contributed by atoms with Gasteiger partial charge >= 0.3 is 5.97 Å². The fourth-order valence-electron chi connectivity index (χ4n) is 2.18. The van der Waals surface area contributed by atoms with Gasteiger partial charge in [-0.05, 0) is 44.5 Å². The van der Waals surface area contributed by atoms with Gasteiger partial charge in [-0.15, -0.1) is 10.2 Å². The first kappa shape index (κ1) is 18.6. The molecule has 1 unspecified atom stereocenters. The number of carbonyl (C=O) groups excluding carboxylic acids is 1. The van der Waals surface area contributed by atoms with E-state index in [0.29, 0.717) is 22.5 Å². The molecule has 0 N–H and O–H groups in total. The van der Waals surface area contributed by atoms with Crippen molar-refractivity contribution in [1.82, 2.24) is 14.8 Å². The molecule has 0 saturated heterocycles. The SMILES string of the molecule is CCn1c(SCC(=O)OC)nnc1C(C)Oc1ccc(Cl)cc1C. The number of hydrogen-bond acceptors (Lipinski definition) is 6. The highest BCUT2D eigenvalue weighted by molar-refractivity contribution is 7.99. The number of ether oxygens (including phenoxy) is 2. The summed E-state index contributed by atoms with van der Waals surface area (Å²) in [6.45, 7) is 6.53. The van der Waals surface area contributed by atoms with Crippen LogP contribution in [0.4, 0.5) is 0 Å². The van der Waals surface area contributed by atoms with E-state index >= 15 is 0 Å². The predicted molar refractivity (Wildman–Crippen MR) is 93.7 cm³/mol. The molecule has 0 saturated carbocycles. The normalized spacial score (nSPS) is 12.0. The summed E-state index contributed by atoms with van der Waals surface area (Å²) < 4.78 is 12.6. The van der Waals surface area contributed by atoms with E-state index < -0.39 is 0 Å². The van der Waals surface area contributed by atoms with Crippen LogP contribution in [-0.2, 0) is 16.1 Å². The number of hydrogen-bond donors (Lipinski definition) is 0. The number of thioether (sulfide) groups is 1. The average molecular weight is 370 g/mol. The topological polar surface area (TPSA) is 66.2 Å². The Balaban J connectivity index is 2.15. The second kappa shape index (κ2) is 8.39. The van der Waals surface area contributed by atoms with E-state index in [0.717, 1.165) is 11.3 Å². The molecular formula is C16H20ClN3O3S. The standard InChI is InChI=1S/C16H20ClN3O3S/c1-5-20-15(18-19-16(20)24-9-14(21)22-4)11(3)23-13-7-6-12(17)8-10(13)2/h6-8,11H,5,9H2,1-4H3. The van der Waals surface area contributed by atoms with Crippen LogP contribution >= 0.6 is 23.4 Å². The lowest BCUT2D eigenvalue weighted by Crippen LogP contribution is -2.13. The highest BCUT2D eigenvalue weighted by atomic mass is 35.5. The fraction of sp³-hybridized carbons (Fsp3) is 0.438. The summed E-state index contributed by atoms with van der Waals surface area (Å²) in [7, 11) is 1.36. The Morgan fingerprint density at radius 3 is 2.79 bits per heavy atom. The van der Waals surface area contributed by atoms with Gasteiger partial charge in [-0.25, -0.2) is 0 Å². The van der Waals surface area contributed by atoms with Gasteiger partial charge in [0.1, 0.15) is 5.75 Å². The Morgan fingerprint density at radius 1 is 1.42 bits per heavy atom. The van der Waals surface area contributed by atoms with Crippen molar-refractivity contribution < 1.29 is 14.3 Å². The number of methoxy groups -OCH3 is 1. The molecule has 1 aromatic heterocycles. The van der Waals surface area contributed by atoms with Gasteiger partial charge in [-0.3, -0.25) is 4.79 Å². The van der Waals surface area contributed by atoms with Crippen LogP contribution in [-0.4, -0.2) is 33.6 Å². The van der Waals surface area contributed by atoms with Gasteiger partial charge in [0.15, 0.2) is 17.1 Å². The molecule has 2 rings (SSSR count). The molecule has 6 nitrogen and oxygen atoms in total. The van der Waals surface area contributed by atoms with Crippen LogP contribution in [0.1, 0.15) is 31.3 Å². The molecule has 0 spiro atoms. The summed E-state index contributed by atoms with van der Waals surface area (Å²) in [5.74, 6) is 1.36. The molecule has 130 valence electrons. The first-order chi connectivity index (χ1) is 11.5. The highest BCUT2D eigenvalue weighted by Crippen LogP contribution is 2.28. The Labute approximate surface area is 150 Å². The third-order valence-corrected chi connectivity index (χ3v) is 4.59. The number of benzene rings is 1. The molecule has 2 aromatic rings. The van der Waals surface area contributed by atoms with Gasteiger partial charge in [-0.1, -0.05) is 23.4 Å². The minimum atomic E-state index is -0.298. The molecule has 0 bridgehead atoms. The molecule has 0 aliphatic carbocycles. The smallest absolute Gasteiger partial charge is 0.316 e. The molecule has 1 aromatic carbocycles. The Hall–Kier alpha value is -1.73. The molecule has 0 fully saturated rings. The van der Waals surface area contributed by atoms with Crippen molar-refractivity contribution in [3.63, 3.8) is 0 Å². The van der Waals surface area contributed by atoms with Gasteiger partial charge in [0.2, 0.25) is 0 Å². The minimum absolute atomic E-state index is 0.195. The van der Waals surface area contributed by atoms with E-state index in [1.165, 1.54) is 18.9 Å². The van der Waals surface area contributed by atoms with Crippen molar-refractivity contribution in [3.8, 4) is 5.75 Å². The third-order valence-electron chi connectivity index (χ3n) is 3.41. The van der Waals surface area contributed by atoms with Crippen LogP contribution in [0.3, 0.4) is 0 Å². The van der Waals surface area contributed by atoms with Gasteiger partial charge in [0, 0.05) is 11.6 Å². The molecule has 1 atom stereocenters. The number of nitrogens with zero attached hydrogens (tertiary/aromatic N) is 3. The molecular weight excluding hydrogens is 350 g/mol. The number of rotatable bonds is 7. The van der Waals surface area contributed by atoms with Crippen LogP contribution in [0.2, 0.25) is 5.02 Å². The van der Waals surface area contributed by atoms with E-state index in [1.54, 1.807) is 6.07 Å². The van der Waals surface area contributed by atoms with Crippen molar-refractivity contribution in [3.05, 3.63) is 34.6 Å². The number of carbonyl (C=O) groups is 1. The Bertz CT molecular complexity index is 721. The van der Waals surface area contributed by atoms with E-state index in [1.807, 2.05) is 37.5 Å². The summed E-state index contributed by atoms with van der Waals surface area (Å²) >= 11 is 7.27. The zero-order valence-corrected chi connectivity index (χ0v) is 15.6. The second-order valence-corrected chi connectivity index (χ2v) is 6.50. The Kier molecular flexibility index (Phi) is 6.51. The monoisotopic (exact) mass is 369 g/mol. The summed E-state index contributed by atoms with van der Waals surface area (Å²) in [4.78, 5) is 11.3. The minimum Gasteiger partial charge on any atom is -0.482 e. The molecule has 1 heterocycles. The van der Waals surface area contributed by atoms with Crippen molar-refractivity contribution in [1.29, 1.82) is 0 Å². The van der Waals surface area contributed by atoms with Gasteiger partial charge in [0.05, 0.1) is 12.9 Å². The van der Waals surface area contributed by atoms with Gasteiger partial charge in [0.25, 0.3) is 0 Å². The highest BCUT2D eigenvalue weighted by Gasteiger charge is 2.20. The lowest BCUT2D eigenvalue weighted by Gasteiger charge is -2.17. The summed E-state index contributed by atoms with van der Waals surface area (Å²) in [5.41, 5.74) is 0.956. The number of aromatic nitrogens is 3. The van der Waals surface area contributed by atoms with Crippen LogP contribution in [0.15, 0.2) is 23.4 Å². The molecule has 8 heteroatoms. The van der Waals surface area contributed by atoms with Gasteiger partial charge in [-0.2, -0.15) is 0 Å². The van der Waals surface area contributed by atoms with Crippen molar-refractivity contribution in [2.45, 2.75) is 38.6 Å². The van der Waals surface area contributed by atoms with E-state index in [2.05, 4.69) is 14.9 Å². The maximum Gasteiger partial charge on any atom is 0.316 e. The third kappa shape index (κ3) is 4.42. The molecule has 0 radical (unpaired) electrons. The zero-order valence-electron chi connectivity index (χ0n) is 14.1. The van der Waals surface area contributed by atoms with E-state index in [9.17, 15) is 4.79 Å². The van der Waals surface area contributed by atoms with Gasteiger partial charge < -0.3 is 14.0 Å². The second-order valence-electron chi connectivity index (χ2n) is 5.12. The van der Waals surface area contributed by atoms with Crippen LogP contribution in [0, 0.1) is 6.92 Å². The maximum atomic E-state index is 11.3. The first-order valence-electron chi connectivity index (χ1n) is 7.51. The van der Waals surface area contributed by atoms with Crippen LogP contribution in [0.25, 0.3) is 0 Å². The van der Waals surface area contributed by atoms with Crippen molar-refractivity contribution >= 4 is 29.3 Å². The summed E-state index contributed by atoms with van der Waals surface area (Å²) in [6.07, 6.45) is -0.287. The lowest BCUT2D eigenvalue weighted by molar-refractivity contribution is -0.137. The molecule has 24 heavy (non-hydrogen) atoms. The van der Waals surface area contributed by atoms with Crippen molar-refractivity contribution in [2.75, 3.05) is 12.9 Å². The van der Waals surface area contributed by atoms with E-state index in [-0.39, 0.29) is 17.8 Å². The van der Waals surface area contributed by atoms with Crippen LogP contribution in [0.5, 0.6) is 5.75 Å². The predicted octanol–water partition coefficient (Wildman–Crippen LogP) is 3.66.